The van der Waals surface area contributed by atoms with Crippen LogP contribution in [0.1, 0.15) is 25.2 Å². The highest BCUT2D eigenvalue weighted by Gasteiger charge is 2.21. The summed E-state index contributed by atoms with van der Waals surface area (Å²) in [6, 6.07) is -1.95. The highest BCUT2D eigenvalue weighted by Crippen LogP contribution is 2.04. The van der Waals surface area contributed by atoms with Gasteiger partial charge in [-0.3, -0.25) is 0 Å². The number of carbonyl (C=O) groups is 2. The number of hydrogen-bond acceptors (Lipinski definition) is 6. The molecule has 9 nitrogen and oxygen atoms in total. The van der Waals surface area contributed by atoms with Crippen molar-refractivity contribution in [3.05, 3.63) is 5.82 Å². The Morgan fingerprint density at radius 2 is 2.21 bits per heavy atom. The monoisotopic (exact) mass is 288 g/mol. The van der Waals surface area contributed by atoms with Crippen LogP contribution >= 0.6 is 11.8 Å². The molecule has 0 fully saturated rings. The number of aromatic nitrogens is 4. The number of nitrogens with zero attached hydrogens (tertiary/aromatic N) is 3. The molecule has 2 amide bonds. The number of tetrazole rings is 1. The number of H-pyrrole nitrogens is 1. The van der Waals surface area contributed by atoms with Crippen LogP contribution < -0.4 is 10.6 Å². The number of amides is 2. The van der Waals surface area contributed by atoms with Crippen LogP contribution in [0.3, 0.4) is 0 Å². The number of hydrogen-bond donors (Lipinski definition) is 4. The van der Waals surface area contributed by atoms with Gasteiger partial charge in [0, 0.05) is 0 Å². The summed E-state index contributed by atoms with van der Waals surface area (Å²) < 4.78 is 0. The van der Waals surface area contributed by atoms with E-state index in [1.807, 2.05) is 6.26 Å². The highest BCUT2D eigenvalue weighted by atomic mass is 32.2. The van der Waals surface area contributed by atoms with Gasteiger partial charge in [0.05, 0.1) is 6.04 Å². The molecule has 2 atom stereocenters. The molecule has 1 unspecified atom stereocenters. The van der Waals surface area contributed by atoms with Crippen molar-refractivity contribution in [3.63, 3.8) is 0 Å². The molecule has 0 saturated heterocycles. The van der Waals surface area contributed by atoms with Gasteiger partial charge in [0.15, 0.2) is 5.82 Å². The number of carbonyl (C=O) groups excluding carboxylic acids is 1. The summed E-state index contributed by atoms with van der Waals surface area (Å²) in [6.07, 6.45) is 2.23. The van der Waals surface area contributed by atoms with Crippen molar-refractivity contribution in [1.29, 1.82) is 0 Å². The van der Waals surface area contributed by atoms with Crippen LogP contribution in [0.5, 0.6) is 0 Å². The zero-order valence-corrected chi connectivity index (χ0v) is 11.4. The van der Waals surface area contributed by atoms with Gasteiger partial charge in [-0.1, -0.05) is 5.21 Å². The maximum atomic E-state index is 11.6. The summed E-state index contributed by atoms with van der Waals surface area (Å²) in [4.78, 5) is 22.6. The Morgan fingerprint density at radius 1 is 1.47 bits per heavy atom. The Kier molecular flexibility index (Phi) is 6.06. The van der Waals surface area contributed by atoms with Crippen molar-refractivity contribution >= 4 is 23.8 Å². The second-order valence-corrected chi connectivity index (χ2v) is 4.77. The molecule has 0 saturated carbocycles. The van der Waals surface area contributed by atoms with Gasteiger partial charge in [0.2, 0.25) is 0 Å². The zero-order valence-electron chi connectivity index (χ0n) is 10.6. The minimum Gasteiger partial charge on any atom is -0.480 e. The van der Waals surface area contributed by atoms with Crippen LogP contribution in [0, 0.1) is 0 Å². The number of nitrogens with one attached hydrogen (secondary N) is 3. The van der Waals surface area contributed by atoms with Gasteiger partial charge in [-0.2, -0.15) is 17.0 Å². The third kappa shape index (κ3) is 5.12. The predicted molar refractivity (Wildman–Crippen MR) is 68.7 cm³/mol. The molecule has 1 rings (SSSR count). The first-order valence-electron chi connectivity index (χ1n) is 5.56. The van der Waals surface area contributed by atoms with Crippen LogP contribution in [0.15, 0.2) is 0 Å². The highest BCUT2D eigenvalue weighted by molar-refractivity contribution is 7.98. The number of aromatic amines is 1. The topological polar surface area (TPSA) is 133 Å². The molecule has 0 aliphatic carbocycles. The van der Waals surface area contributed by atoms with Gasteiger partial charge in [-0.05, 0) is 25.4 Å². The normalized spacial score (nSPS) is 13.6. The molecule has 0 spiro atoms. The van der Waals surface area contributed by atoms with E-state index in [0.29, 0.717) is 18.0 Å². The van der Waals surface area contributed by atoms with Crippen LogP contribution in [0.2, 0.25) is 0 Å². The summed E-state index contributed by atoms with van der Waals surface area (Å²) in [5.74, 6) is -0.0833. The largest absolute Gasteiger partial charge is 0.480 e. The number of carboxylic acids is 1. The van der Waals surface area contributed by atoms with Crippen molar-refractivity contribution < 1.29 is 14.7 Å². The van der Waals surface area contributed by atoms with Gasteiger partial charge in [-0.25, -0.2) is 9.59 Å². The summed E-state index contributed by atoms with van der Waals surface area (Å²) in [7, 11) is 0. The Bertz CT molecular complexity index is 412. The minimum absolute atomic E-state index is 0.325. The van der Waals surface area contributed by atoms with E-state index in [4.69, 9.17) is 5.11 Å². The van der Waals surface area contributed by atoms with E-state index in [-0.39, 0.29) is 0 Å². The lowest BCUT2D eigenvalue weighted by molar-refractivity contribution is -0.139. The van der Waals surface area contributed by atoms with Gasteiger partial charge in [0.25, 0.3) is 0 Å². The minimum atomic E-state index is -1.06. The molecule has 0 radical (unpaired) electrons. The first-order chi connectivity index (χ1) is 9.04. The Morgan fingerprint density at radius 3 is 2.74 bits per heavy atom. The number of urea groups is 1. The summed E-state index contributed by atoms with van der Waals surface area (Å²) in [5, 5.41) is 27.0. The third-order valence-electron chi connectivity index (χ3n) is 2.31. The van der Waals surface area contributed by atoms with Crippen molar-refractivity contribution in [1.82, 2.24) is 31.3 Å². The lowest BCUT2D eigenvalue weighted by atomic mass is 10.2. The van der Waals surface area contributed by atoms with Gasteiger partial charge in [-0.15, -0.1) is 10.2 Å². The maximum absolute atomic E-state index is 11.6. The zero-order chi connectivity index (χ0) is 14.3. The number of aliphatic carboxylic acids is 1. The average molecular weight is 288 g/mol. The van der Waals surface area contributed by atoms with Crippen LogP contribution in [-0.2, 0) is 4.79 Å². The second kappa shape index (κ2) is 7.56. The molecular weight excluding hydrogens is 272 g/mol. The second-order valence-electron chi connectivity index (χ2n) is 3.78. The molecule has 0 aromatic carbocycles. The van der Waals surface area contributed by atoms with E-state index in [1.165, 1.54) is 11.8 Å². The maximum Gasteiger partial charge on any atom is 0.326 e. The molecule has 19 heavy (non-hydrogen) atoms. The molecule has 0 aliphatic rings. The number of rotatable bonds is 7. The summed E-state index contributed by atoms with van der Waals surface area (Å²) in [5.41, 5.74) is 0. The summed E-state index contributed by atoms with van der Waals surface area (Å²) >= 11 is 1.52. The third-order valence-corrected chi connectivity index (χ3v) is 2.95. The van der Waals surface area contributed by atoms with Crippen LogP contribution in [0.4, 0.5) is 4.79 Å². The van der Waals surface area contributed by atoms with E-state index >= 15 is 0 Å². The standard InChI is InChI=1S/C9H16N6O3S/c1-5(7-12-14-15-13-7)10-9(18)11-6(8(16)17)3-4-19-2/h5-6H,3-4H2,1-2H3,(H,16,17)(H2,10,11,18)(H,12,13,14,15)/t5?,6-/m1/s1. The van der Waals surface area contributed by atoms with Crippen molar-refractivity contribution in [3.8, 4) is 0 Å². The quantitative estimate of drug-likeness (QED) is 0.544. The van der Waals surface area contributed by atoms with Crippen molar-refractivity contribution in [2.24, 2.45) is 0 Å². The van der Waals surface area contributed by atoms with Crippen LogP contribution in [0.25, 0.3) is 0 Å². The molecule has 106 valence electrons. The molecule has 0 aliphatic heterocycles. The fourth-order valence-electron chi connectivity index (χ4n) is 1.31. The SMILES string of the molecule is CSCC[C@@H](NC(=O)NC(C)c1nn[nH]n1)C(=O)O. The first kappa shape index (κ1) is 15.2. The van der Waals surface area contributed by atoms with Gasteiger partial charge >= 0.3 is 12.0 Å². The number of thioether (sulfide) groups is 1. The van der Waals surface area contributed by atoms with Gasteiger partial charge < -0.3 is 15.7 Å². The van der Waals surface area contributed by atoms with E-state index in [9.17, 15) is 9.59 Å². The lowest BCUT2D eigenvalue weighted by Gasteiger charge is -2.16. The van der Waals surface area contributed by atoms with E-state index in [2.05, 4.69) is 31.3 Å². The molecular formula is C9H16N6O3S. The predicted octanol–water partition coefficient (Wildman–Crippen LogP) is -0.234. The molecule has 1 aromatic rings. The van der Waals surface area contributed by atoms with E-state index < -0.39 is 24.1 Å². The molecule has 1 heterocycles. The summed E-state index contributed by atoms with van der Waals surface area (Å²) in [6.45, 7) is 1.67. The van der Waals surface area contributed by atoms with E-state index in [1.54, 1.807) is 6.92 Å². The molecule has 1 aromatic heterocycles. The Hall–Kier alpha value is -1.84. The van der Waals surface area contributed by atoms with Crippen molar-refractivity contribution in [2.75, 3.05) is 12.0 Å². The molecule has 4 N–H and O–H groups in total. The van der Waals surface area contributed by atoms with E-state index in [0.717, 1.165) is 0 Å². The smallest absolute Gasteiger partial charge is 0.326 e. The first-order valence-corrected chi connectivity index (χ1v) is 6.96. The Labute approximate surface area is 113 Å². The molecule has 0 bridgehead atoms. The van der Waals surface area contributed by atoms with Crippen LogP contribution in [-0.4, -0.2) is 55.8 Å². The fraction of sp³-hybridized carbons (Fsp3) is 0.667. The average Bonchev–Trinajstić information content (AvgIpc) is 2.87. The van der Waals surface area contributed by atoms with Crippen molar-refractivity contribution in [2.45, 2.75) is 25.4 Å². The number of carboxylic acid groups (broad SMARTS) is 1. The Balaban J connectivity index is 2.46. The fourth-order valence-corrected chi connectivity index (χ4v) is 1.78. The van der Waals surface area contributed by atoms with Gasteiger partial charge in [0.1, 0.15) is 6.04 Å². The molecule has 10 heteroatoms. The lowest BCUT2D eigenvalue weighted by Crippen LogP contribution is -2.47.